The molecule has 30 heavy (non-hydrogen) atoms. The van der Waals surface area contributed by atoms with Crippen molar-refractivity contribution in [1.82, 2.24) is 4.57 Å². The fourth-order valence-electron chi connectivity index (χ4n) is 3.04. The second kappa shape index (κ2) is 8.61. The van der Waals surface area contributed by atoms with Crippen LogP contribution in [0.1, 0.15) is 31.1 Å². The Morgan fingerprint density at radius 2 is 1.67 bits per heavy atom. The molecule has 0 unspecified atom stereocenters. The molecule has 9 heteroatoms. The predicted molar refractivity (Wildman–Crippen MR) is 117 cm³/mol. The van der Waals surface area contributed by atoms with E-state index < -0.39 is 21.0 Å². The normalized spacial score (nSPS) is 12.5. The van der Waals surface area contributed by atoms with Crippen molar-refractivity contribution in [1.29, 1.82) is 0 Å². The van der Waals surface area contributed by atoms with Crippen molar-refractivity contribution in [2.24, 2.45) is 4.99 Å². The zero-order chi connectivity index (χ0) is 22.1. The van der Waals surface area contributed by atoms with Crippen molar-refractivity contribution in [2.75, 3.05) is 14.2 Å². The summed E-state index contributed by atoms with van der Waals surface area (Å²) in [7, 11) is -0.213. The second-order valence-electron chi connectivity index (χ2n) is 6.81. The van der Waals surface area contributed by atoms with E-state index >= 15 is 0 Å². The predicted octanol–water partition coefficient (Wildman–Crippen LogP) is 3.66. The Labute approximate surface area is 179 Å². The number of hydrogen-bond donors (Lipinski definition) is 0. The lowest BCUT2D eigenvalue weighted by Gasteiger charge is -2.08. The highest BCUT2D eigenvalue weighted by atomic mass is 32.2. The summed E-state index contributed by atoms with van der Waals surface area (Å²) in [6, 6.07) is 9.51. The van der Waals surface area contributed by atoms with Crippen LogP contribution in [0.5, 0.6) is 11.5 Å². The van der Waals surface area contributed by atoms with E-state index in [1.54, 1.807) is 28.1 Å². The number of nitrogens with zero attached hydrogens (tertiary/aromatic N) is 2. The van der Waals surface area contributed by atoms with Gasteiger partial charge in [0, 0.05) is 12.1 Å². The van der Waals surface area contributed by atoms with Crippen LogP contribution in [0.25, 0.3) is 10.2 Å². The first-order valence-electron chi connectivity index (χ1n) is 9.41. The number of sulfone groups is 1. The summed E-state index contributed by atoms with van der Waals surface area (Å²) in [5.41, 5.74) is 1.13. The van der Waals surface area contributed by atoms with Gasteiger partial charge in [-0.1, -0.05) is 11.3 Å². The van der Waals surface area contributed by atoms with Crippen LogP contribution in [0.4, 0.5) is 0 Å². The molecule has 0 saturated heterocycles. The molecule has 0 fully saturated rings. The highest BCUT2D eigenvalue weighted by Gasteiger charge is 2.20. The summed E-state index contributed by atoms with van der Waals surface area (Å²) in [6.45, 7) is 5.79. The van der Waals surface area contributed by atoms with Gasteiger partial charge >= 0.3 is 0 Å². The smallest absolute Gasteiger partial charge is 0.279 e. The molecule has 7 nitrogen and oxygen atoms in total. The molecule has 160 valence electrons. The summed E-state index contributed by atoms with van der Waals surface area (Å²) >= 11 is 1.34. The van der Waals surface area contributed by atoms with E-state index in [1.165, 1.54) is 35.6 Å². The van der Waals surface area contributed by atoms with E-state index in [-0.39, 0.29) is 4.90 Å². The molecule has 1 heterocycles. The highest BCUT2D eigenvalue weighted by molar-refractivity contribution is 7.92. The maximum absolute atomic E-state index is 12.8. The van der Waals surface area contributed by atoms with E-state index in [0.717, 1.165) is 10.2 Å². The number of fused-ring (bicyclic) bond motifs is 1. The van der Waals surface area contributed by atoms with Gasteiger partial charge in [0.05, 0.1) is 24.4 Å². The molecule has 0 bridgehead atoms. The molecule has 0 radical (unpaired) electrons. The SMILES string of the molecule is CCn1c(=NC(=O)c2ccc(S(=O)(=O)C(C)C)cc2)sc2c(OC)ccc(OC)c21. The molecule has 1 amide bonds. The van der Waals surface area contributed by atoms with Crippen LogP contribution in [-0.4, -0.2) is 38.4 Å². The van der Waals surface area contributed by atoms with Gasteiger partial charge in [-0.3, -0.25) is 4.79 Å². The standard InChI is InChI=1S/C21H24N2O5S2/c1-6-23-18-16(27-4)11-12-17(28-5)19(18)29-21(23)22-20(24)14-7-9-15(10-8-14)30(25,26)13(2)3/h7-13H,6H2,1-5H3. The monoisotopic (exact) mass is 448 g/mol. The first-order valence-corrected chi connectivity index (χ1v) is 11.8. The van der Waals surface area contributed by atoms with Gasteiger partial charge in [0.1, 0.15) is 21.7 Å². The third-order valence-corrected chi connectivity index (χ3v) is 8.02. The Morgan fingerprint density at radius 1 is 1.07 bits per heavy atom. The number of amides is 1. The van der Waals surface area contributed by atoms with Gasteiger partial charge in [-0.15, -0.1) is 0 Å². The molecule has 0 spiro atoms. The van der Waals surface area contributed by atoms with E-state index in [4.69, 9.17) is 9.47 Å². The number of aromatic nitrogens is 1. The summed E-state index contributed by atoms with van der Waals surface area (Å²) in [4.78, 5) is 17.8. The van der Waals surface area contributed by atoms with Gasteiger partial charge < -0.3 is 14.0 Å². The van der Waals surface area contributed by atoms with E-state index in [1.807, 2.05) is 23.6 Å². The molecule has 2 aromatic carbocycles. The van der Waals surface area contributed by atoms with Gasteiger partial charge in [-0.2, -0.15) is 4.99 Å². The summed E-state index contributed by atoms with van der Waals surface area (Å²) < 4.78 is 38.2. The highest BCUT2D eigenvalue weighted by Crippen LogP contribution is 2.35. The van der Waals surface area contributed by atoms with Crippen LogP contribution in [0.15, 0.2) is 46.3 Å². The first-order chi connectivity index (χ1) is 14.2. The van der Waals surface area contributed by atoms with Crippen LogP contribution >= 0.6 is 11.3 Å². The van der Waals surface area contributed by atoms with Crippen molar-refractivity contribution in [3.8, 4) is 11.5 Å². The number of aryl methyl sites for hydroxylation is 1. The number of carbonyl (C=O) groups is 1. The Hall–Kier alpha value is -2.65. The Bertz CT molecular complexity index is 1250. The number of ether oxygens (including phenoxy) is 2. The average molecular weight is 449 g/mol. The van der Waals surface area contributed by atoms with Gasteiger partial charge in [-0.25, -0.2) is 8.42 Å². The van der Waals surface area contributed by atoms with Crippen LogP contribution in [0.3, 0.4) is 0 Å². The number of thiazole rings is 1. The number of methoxy groups -OCH3 is 2. The van der Waals surface area contributed by atoms with Crippen LogP contribution in [0, 0.1) is 0 Å². The minimum Gasteiger partial charge on any atom is -0.495 e. The lowest BCUT2D eigenvalue weighted by Crippen LogP contribution is -2.16. The molecule has 1 aromatic heterocycles. The molecule has 0 atom stereocenters. The maximum Gasteiger partial charge on any atom is 0.279 e. The quantitative estimate of drug-likeness (QED) is 0.574. The van der Waals surface area contributed by atoms with Crippen molar-refractivity contribution in [3.63, 3.8) is 0 Å². The molecular weight excluding hydrogens is 424 g/mol. The van der Waals surface area contributed by atoms with E-state index in [9.17, 15) is 13.2 Å². The summed E-state index contributed by atoms with van der Waals surface area (Å²) in [6.07, 6.45) is 0. The van der Waals surface area contributed by atoms with Crippen molar-refractivity contribution in [3.05, 3.63) is 46.8 Å². The number of carbonyl (C=O) groups excluding carboxylic acids is 1. The van der Waals surface area contributed by atoms with Crippen LogP contribution in [-0.2, 0) is 16.4 Å². The molecule has 0 aliphatic rings. The molecule has 0 saturated carbocycles. The Morgan fingerprint density at radius 3 is 2.20 bits per heavy atom. The van der Waals surface area contributed by atoms with Crippen molar-refractivity contribution < 1.29 is 22.7 Å². The van der Waals surface area contributed by atoms with Crippen molar-refractivity contribution >= 4 is 37.3 Å². The van der Waals surface area contributed by atoms with Gasteiger partial charge in [0.15, 0.2) is 14.6 Å². The fourth-order valence-corrected chi connectivity index (χ4v) is 5.30. The second-order valence-corrected chi connectivity index (χ2v) is 10.3. The lowest BCUT2D eigenvalue weighted by molar-refractivity contribution is 0.0997. The molecule has 3 aromatic rings. The lowest BCUT2D eigenvalue weighted by atomic mass is 10.2. The Kier molecular flexibility index (Phi) is 6.33. The van der Waals surface area contributed by atoms with Gasteiger partial charge in [0.25, 0.3) is 5.91 Å². The fraction of sp³-hybridized carbons (Fsp3) is 0.333. The molecule has 0 N–H and O–H groups in total. The van der Waals surface area contributed by atoms with E-state index in [2.05, 4.69) is 4.99 Å². The van der Waals surface area contributed by atoms with Crippen LogP contribution in [0.2, 0.25) is 0 Å². The first kappa shape index (κ1) is 22.0. The third-order valence-electron chi connectivity index (χ3n) is 4.76. The third kappa shape index (κ3) is 3.87. The number of rotatable bonds is 6. The zero-order valence-corrected chi connectivity index (χ0v) is 19.1. The zero-order valence-electron chi connectivity index (χ0n) is 17.5. The molecular formula is C21H24N2O5S2. The maximum atomic E-state index is 12.8. The van der Waals surface area contributed by atoms with Crippen LogP contribution < -0.4 is 14.3 Å². The topological polar surface area (TPSA) is 87.0 Å². The molecule has 0 aliphatic heterocycles. The van der Waals surface area contributed by atoms with Gasteiger partial charge in [0.2, 0.25) is 0 Å². The van der Waals surface area contributed by atoms with Gasteiger partial charge in [-0.05, 0) is 57.2 Å². The minimum absolute atomic E-state index is 0.189. The summed E-state index contributed by atoms with van der Waals surface area (Å²) in [5, 5.41) is -0.532. The molecule has 3 rings (SSSR count). The Balaban J connectivity index is 2.10. The minimum atomic E-state index is -3.39. The number of hydrogen-bond acceptors (Lipinski definition) is 6. The van der Waals surface area contributed by atoms with E-state index in [0.29, 0.717) is 28.4 Å². The number of benzene rings is 2. The average Bonchev–Trinajstić information content (AvgIpc) is 3.10. The summed E-state index contributed by atoms with van der Waals surface area (Å²) in [5.74, 6) is 0.895. The molecule has 0 aliphatic carbocycles. The van der Waals surface area contributed by atoms with Crippen molar-refractivity contribution in [2.45, 2.75) is 37.5 Å². The largest absolute Gasteiger partial charge is 0.495 e.